The normalized spacial score (nSPS) is 16.2. The lowest BCUT2D eigenvalue weighted by Crippen LogP contribution is -2.29. The summed E-state index contributed by atoms with van der Waals surface area (Å²) in [4.78, 5) is 15.3. The van der Waals surface area contributed by atoms with Crippen LogP contribution in [0.25, 0.3) is 10.4 Å². The average Bonchev–Trinajstić information content (AvgIpc) is 2.52. The van der Waals surface area contributed by atoms with Crippen LogP contribution in [0.1, 0.15) is 12.8 Å². The average molecular weight is 154 g/mol. The molecule has 0 N–H and O–H groups in total. The summed E-state index contributed by atoms with van der Waals surface area (Å²) in [5, 5.41) is 3.21. The molecular weight excluding hydrogens is 144 g/mol. The van der Waals surface area contributed by atoms with Crippen LogP contribution < -0.4 is 0 Å². The van der Waals surface area contributed by atoms with Crippen molar-refractivity contribution in [1.29, 1.82) is 0 Å². The van der Waals surface area contributed by atoms with Gasteiger partial charge in [0, 0.05) is 18.0 Å². The van der Waals surface area contributed by atoms with E-state index in [4.69, 9.17) is 5.53 Å². The molecule has 0 radical (unpaired) electrons. The van der Waals surface area contributed by atoms with Gasteiger partial charge in [-0.3, -0.25) is 4.79 Å². The Bertz CT molecular complexity index is 191. The predicted octanol–water partition coefficient (Wildman–Crippen LogP) is 0.919. The molecule has 5 heteroatoms. The summed E-state index contributed by atoms with van der Waals surface area (Å²) in [6.45, 7) is 1.61. The van der Waals surface area contributed by atoms with Crippen molar-refractivity contribution in [2.24, 2.45) is 5.11 Å². The molecular formula is C6H10N4O. The van der Waals surface area contributed by atoms with Crippen LogP contribution in [-0.2, 0) is 4.79 Å². The van der Waals surface area contributed by atoms with Crippen LogP contribution in [0.4, 0.5) is 0 Å². The van der Waals surface area contributed by atoms with E-state index in [0.717, 1.165) is 25.9 Å². The molecule has 0 spiro atoms. The Morgan fingerprint density at radius 3 is 2.73 bits per heavy atom. The summed E-state index contributed by atoms with van der Waals surface area (Å²) in [6.07, 6.45) is 2.14. The summed E-state index contributed by atoms with van der Waals surface area (Å²) < 4.78 is 0. The minimum Gasteiger partial charge on any atom is -0.343 e. The molecule has 60 valence electrons. The maximum atomic E-state index is 11.1. The molecule has 1 aliphatic heterocycles. The van der Waals surface area contributed by atoms with Gasteiger partial charge < -0.3 is 4.90 Å². The lowest BCUT2D eigenvalue weighted by atomic mass is 10.4. The molecule has 11 heavy (non-hydrogen) atoms. The van der Waals surface area contributed by atoms with Crippen LogP contribution in [0.15, 0.2) is 5.11 Å². The number of azide groups is 1. The number of hydrogen-bond donors (Lipinski definition) is 0. The van der Waals surface area contributed by atoms with E-state index >= 15 is 0 Å². The standard InChI is InChI=1S/C6H10N4O/c7-9-8-5-6(11)10-3-1-2-4-10/h1-5H2. The third kappa shape index (κ3) is 2.13. The zero-order chi connectivity index (χ0) is 8.10. The second-order valence-corrected chi connectivity index (χ2v) is 2.48. The van der Waals surface area contributed by atoms with E-state index < -0.39 is 0 Å². The number of amides is 1. The molecule has 1 heterocycles. The van der Waals surface area contributed by atoms with Crippen molar-refractivity contribution in [2.75, 3.05) is 19.6 Å². The largest absolute Gasteiger partial charge is 0.343 e. The van der Waals surface area contributed by atoms with E-state index in [1.807, 2.05) is 0 Å². The molecule has 0 aromatic carbocycles. The Morgan fingerprint density at radius 1 is 1.55 bits per heavy atom. The first-order chi connectivity index (χ1) is 5.34. The lowest BCUT2D eigenvalue weighted by Gasteiger charge is -2.12. The predicted molar refractivity (Wildman–Crippen MR) is 39.8 cm³/mol. The Labute approximate surface area is 64.6 Å². The highest BCUT2D eigenvalue weighted by Gasteiger charge is 2.16. The Kier molecular flexibility index (Phi) is 2.74. The van der Waals surface area contributed by atoms with Crippen LogP contribution in [0.2, 0.25) is 0 Å². The Balaban J connectivity index is 2.34. The minimum absolute atomic E-state index is 0.0312. The van der Waals surface area contributed by atoms with Crippen molar-refractivity contribution >= 4 is 5.91 Å². The van der Waals surface area contributed by atoms with Gasteiger partial charge >= 0.3 is 0 Å². The monoisotopic (exact) mass is 154 g/mol. The highest BCUT2D eigenvalue weighted by Crippen LogP contribution is 2.06. The first-order valence-electron chi connectivity index (χ1n) is 3.63. The Hall–Kier alpha value is -1.22. The van der Waals surface area contributed by atoms with E-state index in [1.165, 1.54) is 0 Å². The van der Waals surface area contributed by atoms with Gasteiger partial charge in [-0.25, -0.2) is 0 Å². The Morgan fingerprint density at radius 2 is 2.18 bits per heavy atom. The van der Waals surface area contributed by atoms with Crippen LogP contribution in [0.5, 0.6) is 0 Å². The van der Waals surface area contributed by atoms with Crippen LogP contribution in [0.3, 0.4) is 0 Å². The van der Waals surface area contributed by atoms with Gasteiger partial charge in [0.15, 0.2) is 0 Å². The minimum atomic E-state index is -0.0553. The molecule has 1 fully saturated rings. The molecule has 0 atom stereocenters. The topological polar surface area (TPSA) is 69.1 Å². The molecule has 0 unspecified atom stereocenters. The van der Waals surface area contributed by atoms with Gasteiger partial charge in [-0.15, -0.1) is 0 Å². The van der Waals surface area contributed by atoms with E-state index in [1.54, 1.807) is 4.90 Å². The molecule has 5 nitrogen and oxygen atoms in total. The van der Waals surface area contributed by atoms with Crippen LogP contribution >= 0.6 is 0 Å². The fourth-order valence-corrected chi connectivity index (χ4v) is 1.16. The first kappa shape index (κ1) is 7.88. The molecule has 0 aromatic heterocycles. The molecule has 1 rings (SSSR count). The van der Waals surface area contributed by atoms with Crippen molar-refractivity contribution in [1.82, 2.24) is 4.90 Å². The molecule has 1 aliphatic rings. The second-order valence-electron chi connectivity index (χ2n) is 2.48. The molecule has 0 saturated carbocycles. The first-order valence-corrected chi connectivity index (χ1v) is 3.63. The third-order valence-electron chi connectivity index (χ3n) is 1.73. The van der Waals surface area contributed by atoms with Crippen molar-refractivity contribution in [2.45, 2.75) is 12.8 Å². The van der Waals surface area contributed by atoms with Crippen molar-refractivity contribution in [3.63, 3.8) is 0 Å². The molecule has 0 aromatic rings. The number of hydrogen-bond acceptors (Lipinski definition) is 2. The SMILES string of the molecule is [N-]=[N+]=NCC(=O)N1CCCC1. The number of nitrogens with zero attached hydrogens (tertiary/aromatic N) is 4. The van der Waals surface area contributed by atoms with Gasteiger partial charge in [-0.2, -0.15) is 0 Å². The molecule has 0 aliphatic carbocycles. The second kappa shape index (κ2) is 3.83. The summed E-state index contributed by atoms with van der Waals surface area (Å²) in [6, 6.07) is 0. The molecule has 1 amide bonds. The smallest absolute Gasteiger partial charge is 0.228 e. The summed E-state index contributed by atoms with van der Waals surface area (Å²) >= 11 is 0. The number of carbonyl (C=O) groups is 1. The fraction of sp³-hybridized carbons (Fsp3) is 0.833. The van der Waals surface area contributed by atoms with Gasteiger partial charge in [0.25, 0.3) is 0 Å². The third-order valence-corrected chi connectivity index (χ3v) is 1.73. The van der Waals surface area contributed by atoms with Crippen molar-refractivity contribution < 1.29 is 4.79 Å². The van der Waals surface area contributed by atoms with Crippen molar-refractivity contribution in [3.8, 4) is 0 Å². The maximum absolute atomic E-state index is 11.1. The van der Waals surface area contributed by atoms with Gasteiger partial charge in [-0.1, -0.05) is 5.11 Å². The van der Waals surface area contributed by atoms with Crippen LogP contribution in [0, 0.1) is 0 Å². The highest BCUT2D eigenvalue weighted by molar-refractivity contribution is 5.78. The van der Waals surface area contributed by atoms with Gasteiger partial charge in [0.1, 0.15) is 6.54 Å². The summed E-state index contributed by atoms with van der Waals surface area (Å²) in [7, 11) is 0. The number of carbonyl (C=O) groups excluding carboxylic acids is 1. The molecule has 0 bridgehead atoms. The number of likely N-dealkylation sites (tertiary alicyclic amines) is 1. The fourth-order valence-electron chi connectivity index (χ4n) is 1.16. The zero-order valence-electron chi connectivity index (χ0n) is 6.23. The van der Waals surface area contributed by atoms with E-state index in [9.17, 15) is 4.79 Å². The quantitative estimate of drug-likeness (QED) is 0.331. The van der Waals surface area contributed by atoms with E-state index in [-0.39, 0.29) is 12.5 Å². The zero-order valence-corrected chi connectivity index (χ0v) is 6.23. The van der Waals surface area contributed by atoms with Gasteiger partial charge in [-0.05, 0) is 18.4 Å². The van der Waals surface area contributed by atoms with Crippen LogP contribution in [-0.4, -0.2) is 30.4 Å². The summed E-state index contributed by atoms with van der Waals surface area (Å²) in [5.41, 5.74) is 7.95. The maximum Gasteiger partial charge on any atom is 0.228 e. The molecule has 1 saturated heterocycles. The van der Waals surface area contributed by atoms with Gasteiger partial charge in [0.05, 0.1) is 0 Å². The highest BCUT2D eigenvalue weighted by atomic mass is 16.2. The van der Waals surface area contributed by atoms with E-state index in [0.29, 0.717) is 0 Å². The summed E-state index contributed by atoms with van der Waals surface area (Å²) in [5.74, 6) is -0.0553. The van der Waals surface area contributed by atoms with Crippen molar-refractivity contribution in [3.05, 3.63) is 10.4 Å². The van der Waals surface area contributed by atoms with E-state index in [2.05, 4.69) is 10.0 Å². The number of rotatable bonds is 2. The van der Waals surface area contributed by atoms with Gasteiger partial charge in [0.2, 0.25) is 5.91 Å². The lowest BCUT2D eigenvalue weighted by molar-refractivity contribution is -0.128.